The monoisotopic (exact) mass is 480 g/mol. The Morgan fingerprint density at radius 1 is 1.42 bits per heavy atom. The van der Waals surface area contributed by atoms with Gasteiger partial charge in [-0.25, -0.2) is 4.39 Å². The van der Waals surface area contributed by atoms with Crippen LogP contribution in [0, 0.1) is 5.82 Å². The highest BCUT2D eigenvalue weighted by atomic mass is 127. The van der Waals surface area contributed by atoms with Crippen LogP contribution in [0.5, 0.6) is 0 Å². The molecule has 1 aliphatic rings. The Morgan fingerprint density at radius 3 is 2.88 bits per heavy atom. The van der Waals surface area contributed by atoms with E-state index in [1.165, 1.54) is 6.07 Å². The molecule has 0 spiro atoms. The number of aliphatic imine (C=N–C) groups is 1. The van der Waals surface area contributed by atoms with Gasteiger partial charge in [-0.15, -0.1) is 24.0 Å². The number of morpholine rings is 1. The van der Waals surface area contributed by atoms with Crippen LogP contribution in [0.2, 0.25) is 0 Å². The second-order valence-corrected chi connectivity index (χ2v) is 5.92. The van der Waals surface area contributed by atoms with Crippen molar-refractivity contribution >= 4 is 29.9 Å². The van der Waals surface area contributed by atoms with Crippen LogP contribution in [0.4, 0.5) is 4.39 Å². The Kier molecular flexibility index (Phi) is 11.7. The van der Waals surface area contributed by atoms with E-state index in [1.807, 2.05) is 13.0 Å². The zero-order chi connectivity index (χ0) is 17.9. The van der Waals surface area contributed by atoms with E-state index < -0.39 is 0 Å². The van der Waals surface area contributed by atoms with Crippen LogP contribution in [-0.2, 0) is 9.47 Å². The maximum absolute atomic E-state index is 13.6. The second kappa shape index (κ2) is 13.2. The van der Waals surface area contributed by atoms with Crippen molar-refractivity contribution in [1.82, 2.24) is 10.2 Å². The van der Waals surface area contributed by atoms with Gasteiger partial charge in [0.15, 0.2) is 5.96 Å². The highest BCUT2D eigenvalue weighted by molar-refractivity contribution is 14.0. The van der Waals surface area contributed by atoms with Crippen molar-refractivity contribution in [3.8, 4) is 0 Å². The lowest BCUT2D eigenvalue weighted by atomic mass is 10.0. The SMILES string of the molecule is CCOCCCNC(N)=NCC(c1cccc(F)c1)N1CCOCC1.I. The van der Waals surface area contributed by atoms with E-state index in [1.54, 1.807) is 12.1 Å². The first kappa shape index (κ1) is 23.1. The van der Waals surface area contributed by atoms with E-state index in [4.69, 9.17) is 15.2 Å². The molecular weight excluding hydrogens is 450 g/mol. The third kappa shape index (κ3) is 8.15. The molecule has 0 aromatic heterocycles. The summed E-state index contributed by atoms with van der Waals surface area (Å²) in [6.07, 6.45) is 0.876. The van der Waals surface area contributed by atoms with E-state index in [0.29, 0.717) is 32.3 Å². The number of rotatable bonds is 9. The molecule has 0 saturated carbocycles. The second-order valence-electron chi connectivity index (χ2n) is 5.92. The van der Waals surface area contributed by atoms with Gasteiger partial charge in [0.25, 0.3) is 0 Å². The molecule has 1 aromatic rings. The molecule has 1 saturated heterocycles. The van der Waals surface area contributed by atoms with Crippen molar-refractivity contribution in [2.75, 3.05) is 52.6 Å². The molecule has 0 aliphatic carbocycles. The average Bonchev–Trinajstić information content (AvgIpc) is 2.63. The Morgan fingerprint density at radius 2 is 2.19 bits per heavy atom. The van der Waals surface area contributed by atoms with Gasteiger partial charge < -0.3 is 20.5 Å². The van der Waals surface area contributed by atoms with Gasteiger partial charge >= 0.3 is 0 Å². The van der Waals surface area contributed by atoms with Crippen molar-refractivity contribution in [2.24, 2.45) is 10.7 Å². The van der Waals surface area contributed by atoms with Crippen LogP contribution >= 0.6 is 24.0 Å². The maximum atomic E-state index is 13.6. The number of ether oxygens (including phenoxy) is 2. The summed E-state index contributed by atoms with van der Waals surface area (Å²) in [6, 6.07) is 6.68. The number of nitrogens with two attached hydrogens (primary N) is 1. The van der Waals surface area contributed by atoms with Crippen LogP contribution in [0.1, 0.15) is 24.9 Å². The number of nitrogens with zero attached hydrogens (tertiary/aromatic N) is 2. The minimum absolute atomic E-state index is 0. The fourth-order valence-electron chi connectivity index (χ4n) is 2.81. The van der Waals surface area contributed by atoms with Crippen molar-refractivity contribution < 1.29 is 13.9 Å². The molecule has 1 atom stereocenters. The summed E-state index contributed by atoms with van der Waals surface area (Å²) in [5, 5.41) is 3.09. The van der Waals surface area contributed by atoms with Gasteiger partial charge in [0.1, 0.15) is 5.82 Å². The van der Waals surface area contributed by atoms with Crippen molar-refractivity contribution in [3.63, 3.8) is 0 Å². The molecule has 1 aromatic carbocycles. The van der Waals surface area contributed by atoms with Crippen molar-refractivity contribution in [2.45, 2.75) is 19.4 Å². The number of hydrogen-bond donors (Lipinski definition) is 2. The zero-order valence-corrected chi connectivity index (χ0v) is 17.7. The standard InChI is InChI=1S/C18H29FN4O2.HI/c1-2-24-10-4-7-21-18(20)22-14-17(23-8-11-25-12-9-23)15-5-3-6-16(19)13-15;/h3,5-6,13,17H,2,4,7-12,14H2,1H3,(H3,20,21,22);1H. The summed E-state index contributed by atoms with van der Waals surface area (Å²) >= 11 is 0. The van der Waals surface area contributed by atoms with E-state index in [-0.39, 0.29) is 35.8 Å². The summed E-state index contributed by atoms with van der Waals surface area (Å²) in [5.41, 5.74) is 6.87. The quantitative estimate of drug-likeness (QED) is 0.245. The van der Waals surface area contributed by atoms with Crippen LogP contribution in [0.3, 0.4) is 0 Å². The lowest BCUT2D eigenvalue weighted by molar-refractivity contribution is 0.0179. The number of hydrogen-bond acceptors (Lipinski definition) is 4. The lowest BCUT2D eigenvalue weighted by Crippen LogP contribution is -2.41. The summed E-state index contributed by atoms with van der Waals surface area (Å²) < 4.78 is 24.3. The minimum Gasteiger partial charge on any atom is -0.382 e. The smallest absolute Gasteiger partial charge is 0.188 e. The predicted molar refractivity (Wildman–Crippen MR) is 113 cm³/mol. The van der Waals surface area contributed by atoms with E-state index in [9.17, 15) is 4.39 Å². The fourth-order valence-corrected chi connectivity index (χ4v) is 2.81. The number of halogens is 2. The Hall–Kier alpha value is -0.970. The molecule has 1 aliphatic heterocycles. The first-order valence-electron chi connectivity index (χ1n) is 8.89. The van der Waals surface area contributed by atoms with Crippen LogP contribution in [-0.4, -0.2) is 63.5 Å². The number of nitrogens with one attached hydrogen (secondary N) is 1. The third-order valence-electron chi connectivity index (χ3n) is 4.13. The normalized spacial score (nSPS) is 16.8. The average molecular weight is 480 g/mol. The molecule has 0 amide bonds. The summed E-state index contributed by atoms with van der Waals surface area (Å²) in [5.74, 6) is 0.174. The molecule has 148 valence electrons. The molecule has 0 radical (unpaired) electrons. The van der Waals surface area contributed by atoms with E-state index >= 15 is 0 Å². The first-order valence-corrected chi connectivity index (χ1v) is 8.89. The highest BCUT2D eigenvalue weighted by Crippen LogP contribution is 2.23. The van der Waals surface area contributed by atoms with Crippen LogP contribution in [0.25, 0.3) is 0 Å². The molecule has 8 heteroatoms. The maximum Gasteiger partial charge on any atom is 0.188 e. The van der Waals surface area contributed by atoms with Gasteiger partial charge in [-0.1, -0.05) is 12.1 Å². The first-order chi connectivity index (χ1) is 12.2. The Bertz CT molecular complexity index is 542. The molecule has 0 bridgehead atoms. The number of benzene rings is 1. The Labute approximate surface area is 172 Å². The fraction of sp³-hybridized carbons (Fsp3) is 0.611. The summed E-state index contributed by atoms with van der Waals surface area (Å²) in [4.78, 5) is 6.73. The summed E-state index contributed by atoms with van der Waals surface area (Å²) in [7, 11) is 0. The Balaban J connectivity index is 0.00000338. The molecular formula is C18H30FIN4O2. The van der Waals surface area contributed by atoms with Gasteiger partial charge in [0, 0.05) is 32.8 Å². The van der Waals surface area contributed by atoms with Crippen LogP contribution < -0.4 is 11.1 Å². The predicted octanol–water partition coefficient (Wildman–Crippen LogP) is 2.15. The van der Waals surface area contributed by atoms with Crippen molar-refractivity contribution in [3.05, 3.63) is 35.6 Å². The van der Waals surface area contributed by atoms with E-state index in [0.717, 1.165) is 38.2 Å². The molecule has 1 heterocycles. The topological polar surface area (TPSA) is 72.1 Å². The molecule has 3 N–H and O–H groups in total. The van der Waals surface area contributed by atoms with Gasteiger partial charge in [-0.2, -0.15) is 0 Å². The molecule has 2 rings (SSSR count). The summed E-state index contributed by atoms with van der Waals surface area (Å²) in [6.45, 7) is 7.57. The minimum atomic E-state index is -0.234. The van der Waals surface area contributed by atoms with Gasteiger partial charge in [-0.3, -0.25) is 9.89 Å². The third-order valence-corrected chi connectivity index (χ3v) is 4.13. The lowest BCUT2D eigenvalue weighted by Gasteiger charge is -2.34. The largest absolute Gasteiger partial charge is 0.382 e. The van der Waals surface area contributed by atoms with Gasteiger partial charge in [0.05, 0.1) is 25.8 Å². The molecule has 26 heavy (non-hydrogen) atoms. The molecule has 6 nitrogen and oxygen atoms in total. The van der Waals surface area contributed by atoms with Crippen molar-refractivity contribution in [1.29, 1.82) is 0 Å². The highest BCUT2D eigenvalue weighted by Gasteiger charge is 2.22. The molecule has 1 unspecified atom stereocenters. The molecule has 1 fully saturated rings. The van der Waals surface area contributed by atoms with Crippen LogP contribution in [0.15, 0.2) is 29.3 Å². The van der Waals surface area contributed by atoms with Gasteiger partial charge in [-0.05, 0) is 31.0 Å². The number of guanidine groups is 1. The van der Waals surface area contributed by atoms with Gasteiger partial charge in [0.2, 0.25) is 0 Å². The van der Waals surface area contributed by atoms with E-state index in [2.05, 4.69) is 15.2 Å². The zero-order valence-electron chi connectivity index (χ0n) is 15.3.